The summed E-state index contributed by atoms with van der Waals surface area (Å²) in [6.07, 6.45) is 5.54. The van der Waals surface area contributed by atoms with E-state index in [4.69, 9.17) is 4.74 Å². The van der Waals surface area contributed by atoms with Crippen molar-refractivity contribution in [1.29, 1.82) is 0 Å². The van der Waals surface area contributed by atoms with Gasteiger partial charge in [0.05, 0.1) is 7.11 Å². The van der Waals surface area contributed by atoms with Crippen LogP contribution < -0.4 is 10.1 Å². The molecule has 1 aliphatic rings. The Hall–Kier alpha value is -1.09. The number of pyridine rings is 1. The fourth-order valence-electron chi connectivity index (χ4n) is 3.99. The van der Waals surface area contributed by atoms with Crippen LogP contribution in [0.1, 0.15) is 52.5 Å². The molecule has 1 N–H and O–H groups in total. The minimum atomic E-state index is 0.415. The Kier molecular flexibility index (Phi) is 4.38. The number of hydrogen-bond donors (Lipinski definition) is 1. The minimum Gasteiger partial charge on any atom is -0.481 e. The molecule has 1 aromatic rings. The monoisotopic (exact) mass is 276 g/mol. The summed E-state index contributed by atoms with van der Waals surface area (Å²) in [7, 11) is 1.68. The van der Waals surface area contributed by atoms with E-state index < -0.39 is 0 Å². The van der Waals surface area contributed by atoms with Gasteiger partial charge in [0, 0.05) is 24.3 Å². The van der Waals surface area contributed by atoms with Crippen LogP contribution in [-0.2, 0) is 6.54 Å². The highest BCUT2D eigenvalue weighted by molar-refractivity contribution is 5.25. The van der Waals surface area contributed by atoms with Crippen molar-refractivity contribution in [2.45, 2.75) is 59.5 Å². The zero-order chi connectivity index (χ0) is 14.8. The van der Waals surface area contributed by atoms with Gasteiger partial charge >= 0.3 is 0 Å². The first-order chi connectivity index (χ1) is 9.31. The summed E-state index contributed by atoms with van der Waals surface area (Å²) < 4.78 is 5.32. The molecule has 0 aliphatic heterocycles. The Morgan fingerprint density at radius 1 is 1.25 bits per heavy atom. The van der Waals surface area contributed by atoms with Crippen molar-refractivity contribution in [1.82, 2.24) is 10.3 Å². The van der Waals surface area contributed by atoms with Crippen LogP contribution in [0.25, 0.3) is 0 Å². The smallest absolute Gasteiger partial charge is 0.217 e. The quantitative estimate of drug-likeness (QED) is 0.908. The Morgan fingerprint density at radius 2 is 1.90 bits per heavy atom. The lowest BCUT2D eigenvalue weighted by molar-refractivity contribution is 0.0844. The van der Waals surface area contributed by atoms with Crippen LogP contribution in [0.5, 0.6) is 5.88 Å². The minimum absolute atomic E-state index is 0.415. The predicted molar refractivity (Wildman–Crippen MR) is 82.8 cm³/mol. The summed E-state index contributed by atoms with van der Waals surface area (Å²) in [6.45, 7) is 10.4. The SMILES string of the molecule is COc1ncccc1CNC1CC(C)(C)CC(C)(C)C1. The number of hydrogen-bond acceptors (Lipinski definition) is 3. The number of methoxy groups -OCH3 is 1. The third-order valence-corrected chi connectivity index (χ3v) is 4.18. The van der Waals surface area contributed by atoms with E-state index in [-0.39, 0.29) is 0 Å². The summed E-state index contributed by atoms with van der Waals surface area (Å²) in [5.74, 6) is 0.731. The normalized spacial score (nSPS) is 21.6. The third-order valence-electron chi connectivity index (χ3n) is 4.18. The van der Waals surface area contributed by atoms with Gasteiger partial charge in [-0.15, -0.1) is 0 Å². The second-order valence-electron chi connectivity index (χ2n) is 7.66. The molecule has 20 heavy (non-hydrogen) atoms. The van der Waals surface area contributed by atoms with Crippen LogP contribution in [0.4, 0.5) is 0 Å². The van der Waals surface area contributed by atoms with Crippen molar-refractivity contribution in [3.05, 3.63) is 23.9 Å². The zero-order valence-electron chi connectivity index (χ0n) is 13.5. The van der Waals surface area contributed by atoms with Crippen molar-refractivity contribution < 1.29 is 4.74 Å². The second kappa shape index (κ2) is 5.72. The molecule has 0 amide bonds. The van der Waals surface area contributed by atoms with Crippen molar-refractivity contribution in [3.8, 4) is 5.88 Å². The van der Waals surface area contributed by atoms with E-state index in [1.807, 2.05) is 6.07 Å². The van der Waals surface area contributed by atoms with Crippen LogP contribution in [0.15, 0.2) is 18.3 Å². The average Bonchev–Trinajstić information content (AvgIpc) is 2.33. The van der Waals surface area contributed by atoms with Crippen molar-refractivity contribution in [2.75, 3.05) is 7.11 Å². The van der Waals surface area contributed by atoms with Crippen molar-refractivity contribution >= 4 is 0 Å². The Bertz CT molecular complexity index is 438. The molecule has 2 rings (SSSR count). The lowest BCUT2D eigenvalue weighted by atomic mass is 9.63. The lowest BCUT2D eigenvalue weighted by Crippen LogP contribution is -2.43. The van der Waals surface area contributed by atoms with Gasteiger partial charge in [-0.05, 0) is 36.2 Å². The van der Waals surface area contributed by atoms with E-state index in [2.05, 4.69) is 44.1 Å². The van der Waals surface area contributed by atoms with Gasteiger partial charge in [0.1, 0.15) is 0 Å². The molecule has 0 unspecified atom stereocenters. The van der Waals surface area contributed by atoms with E-state index in [9.17, 15) is 0 Å². The summed E-state index contributed by atoms with van der Waals surface area (Å²) >= 11 is 0. The molecule has 1 aliphatic carbocycles. The maximum Gasteiger partial charge on any atom is 0.217 e. The summed E-state index contributed by atoms with van der Waals surface area (Å²) in [5.41, 5.74) is 1.97. The van der Waals surface area contributed by atoms with Crippen LogP contribution >= 0.6 is 0 Å². The molecule has 0 aromatic carbocycles. The van der Waals surface area contributed by atoms with Gasteiger partial charge in [-0.2, -0.15) is 0 Å². The van der Waals surface area contributed by atoms with Gasteiger partial charge in [0.2, 0.25) is 5.88 Å². The zero-order valence-corrected chi connectivity index (χ0v) is 13.5. The van der Waals surface area contributed by atoms with E-state index in [1.165, 1.54) is 19.3 Å². The Balaban J connectivity index is 2.00. The molecule has 1 fully saturated rings. The summed E-state index contributed by atoms with van der Waals surface area (Å²) in [4.78, 5) is 4.26. The Labute approximate surface area is 123 Å². The molecule has 0 atom stereocenters. The molecule has 1 saturated carbocycles. The predicted octanol–water partition coefficient (Wildman–Crippen LogP) is 3.78. The van der Waals surface area contributed by atoms with Gasteiger partial charge in [-0.1, -0.05) is 33.8 Å². The highest BCUT2D eigenvalue weighted by Crippen LogP contribution is 2.45. The number of nitrogens with zero attached hydrogens (tertiary/aromatic N) is 1. The number of nitrogens with one attached hydrogen (secondary N) is 1. The molecule has 112 valence electrons. The van der Waals surface area contributed by atoms with E-state index in [1.54, 1.807) is 13.3 Å². The van der Waals surface area contributed by atoms with Crippen LogP contribution in [0.3, 0.4) is 0 Å². The molecular weight excluding hydrogens is 248 g/mol. The average molecular weight is 276 g/mol. The molecule has 3 nitrogen and oxygen atoms in total. The molecule has 1 heterocycles. The highest BCUT2D eigenvalue weighted by Gasteiger charge is 2.38. The number of aromatic nitrogens is 1. The maximum absolute atomic E-state index is 5.32. The fourth-order valence-corrected chi connectivity index (χ4v) is 3.99. The van der Waals surface area contributed by atoms with Gasteiger partial charge < -0.3 is 10.1 Å². The second-order valence-corrected chi connectivity index (χ2v) is 7.66. The molecular formula is C17H28N2O. The van der Waals surface area contributed by atoms with Gasteiger partial charge in [-0.25, -0.2) is 4.98 Å². The van der Waals surface area contributed by atoms with Crippen LogP contribution in [0.2, 0.25) is 0 Å². The van der Waals surface area contributed by atoms with Crippen molar-refractivity contribution in [3.63, 3.8) is 0 Å². The first-order valence-corrected chi connectivity index (χ1v) is 7.53. The largest absolute Gasteiger partial charge is 0.481 e. The first-order valence-electron chi connectivity index (χ1n) is 7.53. The number of rotatable bonds is 4. The van der Waals surface area contributed by atoms with Gasteiger partial charge in [0.25, 0.3) is 0 Å². The summed E-state index contributed by atoms with van der Waals surface area (Å²) in [5, 5.41) is 3.70. The molecule has 3 heteroatoms. The molecule has 0 bridgehead atoms. The fraction of sp³-hybridized carbons (Fsp3) is 0.706. The van der Waals surface area contributed by atoms with Crippen molar-refractivity contribution in [2.24, 2.45) is 10.8 Å². The highest BCUT2D eigenvalue weighted by atomic mass is 16.5. The maximum atomic E-state index is 5.32. The number of ether oxygens (including phenoxy) is 1. The lowest BCUT2D eigenvalue weighted by Gasteiger charge is -2.45. The van der Waals surface area contributed by atoms with Crippen LogP contribution in [-0.4, -0.2) is 18.1 Å². The van der Waals surface area contributed by atoms with Gasteiger partial charge in [0.15, 0.2) is 0 Å². The van der Waals surface area contributed by atoms with Crippen LogP contribution in [0, 0.1) is 10.8 Å². The molecule has 1 aromatic heterocycles. The van der Waals surface area contributed by atoms with E-state index in [0.717, 1.165) is 18.0 Å². The first kappa shape index (κ1) is 15.3. The van der Waals surface area contributed by atoms with E-state index >= 15 is 0 Å². The summed E-state index contributed by atoms with van der Waals surface area (Å²) in [6, 6.07) is 4.62. The standard InChI is InChI=1S/C17H28N2O/c1-16(2)9-14(10-17(3,4)12-16)19-11-13-7-6-8-18-15(13)20-5/h6-8,14,19H,9-12H2,1-5H3. The van der Waals surface area contributed by atoms with Gasteiger partial charge in [-0.3, -0.25) is 0 Å². The molecule has 0 spiro atoms. The topological polar surface area (TPSA) is 34.1 Å². The van der Waals surface area contributed by atoms with E-state index in [0.29, 0.717) is 16.9 Å². The molecule has 0 saturated heterocycles. The Morgan fingerprint density at radius 3 is 2.50 bits per heavy atom. The third kappa shape index (κ3) is 3.95. The molecule has 0 radical (unpaired) electrons.